The molecule has 1 fully saturated rings. The van der Waals surface area contributed by atoms with E-state index < -0.39 is 17.9 Å². The molecule has 6 heteroatoms. The Balaban J connectivity index is 2.38. The van der Waals surface area contributed by atoms with E-state index in [1.54, 1.807) is 0 Å². The third-order valence-corrected chi connectivity index (χ3v) is 2.24. The fourth-order valence-electron chi connectivity index (χ4n) is 1.18. The number of nitrogens with two attached hydrogens (primary N) is 1. The molecular formula is C9H14N2O4. The minimum Gasteiger partial charge on any atom is -0.480 e. The summed E-state index contributed by atoms with van der Waals surface area (Å²) in [4.78, 5) is 32.5. The van der Waals surface area contributed by atoms with E-state index in [2.05, 4.69) is 5.32 Å². The van der Waals surface area contributed by atoms with Crippen LogP contribution in [0.25, 0.3) is 0 Å². The van der Waals surface area contributed by atoms with Gasteiger partial charge in [0.15, 0.2) is 0 Å². The van der Waals surface area contributed by atoms with Crippen molar-refractivity contribution in [3.63, 3.8) is 0 Å². The number of carbonyl (C=O) groups is 3. The molecule has 0 radical (unpaired) electrons. The Hall–Kier alpha value is -1.59. The maximum Gasteiger partial charge on any atom is 0.326 e. The number of rotatable bonds is 6. The first-order chi connectivity index (χ1) is 7.00. The minimum atomic E-state index is -1.13. The van der Waals surface area contributed by atoms with Crippen LogP contribution in [0.2, 0.25) is 0 Å². The zero-order valence-electron chi connectivity index (χ0n) is 8.23. The lowest BCUT2D eigenvalue weighted by Crippen LogP contribution is -2.42. The molecule has 0 unspecified atom stereocenters. The fraction of sp³-hybridized carbons (Fsp3) is 0.667. The highest BCUT2D eigenvalue weighted by molar-refractivity contribution is 5.86. The van der Waals surface area contributed by atoms with Crippen molar-refractivity contribution in [3.8, 4) is 0 Å². The summed E-state index contributed by atoms with van der Waals surface area (Å²) in [5, 5.41) is 11.2. The summed E-state index contributed by atoms with van der Waals surface area (Å²) in [6, 6.07) is -1.01. The lowest BCUT2D eigenvalue weighted by Gasteiger charge is -2.13. The van der Waals surface area contributed by atoms with E-state index >= 15 is 0 Å². The van der Waals surface area contributed by atoms with E-state index in [9.17, 15) is 14.4 Å². The van der Waals surface area contributed by atoms with Crippen molar-refractivity contribution >= 4 is 17.8 Å². The average Bonchev–Trinajstić information content (AvgIpc) is 2.93. The van der Waals surface area contributed by atoms with Gasteiger partial charge in [-0.1, -0.05) is 0 Å². The van der Waals surface area contributed by atoms with Gasteiger partial charge in [-0.25, -0.2) is 4.79 Å². The van der Waals surface area contributed by atoms with E-state index in [-0.39, 0.29) is 24.7 Å². The summed E-state index contributed by atoms with van der Waals surface area (Å²) < 4.78 is 0. The first-order valence-electron chi connectivity index (χ1n) is 4.82. The van der Waals surface area contributed by atoms with Crippen LogP contribution < -0.4 is 11.1 Å². The van der Waals surface area contributed by atoms with Crippen molar-refractivity contribution in [2.24, 2.45) is 11.7 Å². The topological polar surface area (TPSA) is 109 Å². The Morgan fingerprint density at radius 1 is 1.40 bits per heavy atom. The Morgan fingerprint density at radius 3 is 2.40 bits per heavy atom. The maximum absolute atomic E-state index is 11.3. The summed E-state index contributed by atoms with van der Waals surface area (Å²) >= 11 is 0. The van der Waals surface area contributed by atoms with Crippen LogP contribution in [0.5, 0.6) is 0 Å². The van der Waals surface area contributed by atoms with E-state index in [1.807, 2.05) is 0 Å². The van der Waals surface area contributed by atoms with Crippen LogP contribution in [0, 0.1) is 5.92 Å². The second kappa shape index (κ2) is 4.77. The van der Waals surface area contributed by atoms with Crippen LogP contribution in [0.1, 0.15) is 25.7 Å². The van der Waals surface area contributed by atoms with Crippen LogP contribution in [-0.2, 0) is 14.4 Å². The summed E-state index contributed by atoms with van der Waals surface area (Å²) in [6.45, 7) is 0. The molecule has 1 aliphatic rings. The highest BCUT2D eigenvalue weighted by Crippen LogP contribution is 2.28. The standard InChI is InChI=1S/C9H14N2O4/c10-7(12)4-3-6(9(14)15)11-8(13)5-1-2-5/h5-6H,1-4H2,(H2,10,12)(H,11,13)(H,14,15)/t6-/m1/s1. The van der Waals surface area contributed by atoms with Gasteiger partial charge in [0.05, 0.1) is 0 Å². The number of carboxylic acids is 1. The van der Waals surface area contributed by atoms with Crippen molar-refractivity contribution in [1.29, 1.82) is 0 Å². The van der Waals surface area contributed by atoms with Crippen molar-refractivity contribution < 1.29 is 19.5 Å². The second-order valence-electron chi connectivity index (χ2n) is 3.68. The number of primary amides is 1. The van der Waals surface area contributed by atoms with E-state index in [4.69, 9.17) is 10.8 Å². The van der Waals surface area contributed by atoms with Crippen molar-refractivity contribution in [1.82, 2.24) is 5.32 Å². The molecule has 4 N–H and O–H groups in total. The Kier molecular flexibility index (Phi) is 3.65. The first kappa shape index (κ1) is 11.5. The van der Waals surface area contributed by atoms with Crippen LogP contribution in [0.4, 0.5) is 0 Å². The van der Waals surface area contributed by atoms with Crippen molar-refractivity contribution in [2.45, 2.75) is 31.7 Å². The Bertz CT molecular complexity index is 286. The van der Waals surface area contributed by atoms with Gasteiger partial charge >= 0.3 is 5.97 Å². The SMILES string of the molecule is NC(=O)CC[C@@H](NC(=O)C1CC1)C(=O)O. The summed E-state index contributed by atoms with van der Waals surface area (Å²) in [5.41, 5.74) is 4.90. The lowest BCUT2D eigenvalue weighted by atomic mass is 10.1. The van der Waals surface area contributed by atoms with E-state index in [1.165, 1.54) is 0 Å². The molecule has 15 heavy (non-hydrogen) atoms. The van der Waals surface area contributed by atoms with Gasteiger partial charge < -0.3 is 16.2 Å². The minimum absolute atomic E-state index is 0.0398. The van der Waals surface area contributed by atoms with E-state index in [0.29, 0.717) is 0 Å². The van der Waals surface area contributed by atoms with Crippen molar-refractivity contribution in [2.75, 3.05) is 0 Å². The van der Waals surface area contributed by atoms with E-state index in [0.717, 1.165) is 12.8 Å². The molecule has 0 saturated heterocycles. The fourth-order valence-corrected chi connectivity index (χ4v) is 1.18. The van der Waals surface area contributed by atoms with Gasteiger partial charge in [0, 0.05) is 12.3 Å². The van der Waals surface area contributed by atoms with Gasteiger partial charge in [-0.3, -0.25) is 9.59 Å². The molecule has 84 valence electrons. The van der Waals surface area contributed by atoms with Gasteiger partial charge in [0.1, 0.15) is 6.04 Å². The molecule has 0 aliphatic heterocycles. The molecule has 0 aromatic rings. The average molecular weight is 214 g/mol. The van der Waals surface area contributed by atoms with Crippen LogP contribution >= 0.6 is 0 Å². The Morgan fingerprint density at radius 2 is 2.00 bits per heavy atom. The summed E-state index contributed by atoms with van der Waals surface area (Å²) in [6.07, 6.45) is 1.63. The third-order valence-electron chi connectivity index (χ3n) is 2.24. The molecule has 0 aromatic heterocycles. The largest absolute Gasteiger partial charge is 0.480 e. The quantitative estimate of drug-likeness (QED) is 0.539. The molecule has 0 bridgehead atoms. The van der Waals surface area contributed by atoms with Gasteiger partial charge in [0.2, 0.25) is 11.8 Å². The number of aliphatic carboxylic acids is 1. The van der Waals surface area contributed by atoms with Gasteiger partial charge in [-0.2, -0.15) is 0 Å². The monoisotopic (exact) mass is 214 g/mol. The summed E-state index contributed by atoms with van der Waals surface area (Å²) in [7, 11) is 0. The highest BCUT2D eigenvalue weighted by atomic mass is 16.4. The predicted molar refractivity (Wildman–Crippen MR) is 50.7 cm³/mol. The second-order valence-corrected chi connectivity index (χ2v) is 3.68. The summed E-state index contributed by atoms with van der Waals surface area (Å²) in [5.74, 6) is -1.99. The Labute approximate surface area is 86.8 Å². The number of carboxylic acid groups (broad SMARTS) is 1. The number of carbonyl (C=O) groups excluding carboxylic acids is 2. The number of amides is 2. The molecule has 0 heterocycles. The van der Waals surface area contributed by atoms with Crippen molar-refractivity contribution in [3.05, 3.63) is 0 Å². The first-order valence-corrected chi connectivity index (χ1v) is 4.82. The maximum atomic E-state index is 11.3. The molecule has 1 rings (SSSR count). The van der Waals surface area contributed by atoms with Crippen LogP contribution in [-0.4, -0.2) is 28.9 Å². The van der Waals surface area contributed by atoms with Gasteiger partial charge in [-0.05, 0) is 19.3 Å². The number of nitrogens with one attached hydrogen (secondary N) is 1. The molecule has 0 aromatic carbocycles. The lowest BCUT2D eigenvalue weighted by molar-refractivity contribution is -0.142. The van der Waals surface area contributed by atoms with Gasteiger partial charge in [-0.15, -0.1) is 0 Å². The number of hydrogen-bond donors (Lipinski definition) is 3. The molecule has 6 nitrogen and oxygen atoms in total. The zero-order valence-corrected chi connectivity index (χ0v) is 8.23. The smallest absolute Gasteiger partial charge is 0.326 e. The molecule has 2 amide bonds. The normalized spacial score (nSPS) is 16.8. The van der Waals surface area contributed by atoms with Crippen LogP contribution in [0.15, 0.2) is 0 Å². The highest BCUT2D eigenvalue weighted by Gasteiger charge is 2.32. The molecule has 1 atom stereocenters. The molecule has 0 spiro atoms. The molecular weight excluding hydrogens is 200 g/mol. The van der Waals surface area contributed by atoms with Gasteiger partial charge in [0.25, 0.3) is 0 Å². The van der Waals surface area contributed by atoms with Crippen LogP contribution in [0.3, 0.4) is 0 Å². The predicted octanol–water partition coefficient (Wildman–Crippen LogP) is -0.769. The molecule has 1 saturated carbocycles. The zero-order chi connectivity index (χ0) is 11.4. The number of hydrogen-bond acceptors (Lipinski definition) is 3. The molecule has 1 aliphatic carbocycles. The third kappa shape index (κ3) is 3.97.